The van der Waals surface area contributed by atoms with Crippen molar-refractivity contribution in [2.45, 2.75) is 25.1 Å². The van der Waals surface area contributed by atoms with Gasteiger partial charge in [0.15, 0.2) is 5.17 Å². The van der Waals surface area contributed by atoms with Crippen molar-refractivity contribution in [3.05, 3.63) is 41.1 Å². The maximum absolute atomic E-state index is 12.6. The van der Waals surface area contributed by atoms with Gasteiger partial charge in [-0.15, -0.1) is 0 Å². The van der Waals surface area contributed by atoms with Crippen LogP contribution in [0.25, 0.3) is 0 Å². The molecule has 1 fully saturated rings. The molecule has 0 bridgehead atoms. The Bertz CT molecular complexity index is 754. The lowest BCUT2D eigenvalue weighted by atomic mass is 9.94. The summed E-state index contributed by atoms with van der Waals surface area (Å²) in [5.41, 5.74) is 1.77. The fraction of sp³-hybridized carbons (Fsp3) is 0.353. The van der Waals surface area contributed by atoms with Crippen LogP contribution in [-0.2, 0) is 14.3 Å². The van der Waals surface area contributed by atoms with E-state index >= 15 is 0 Å². The van der Waals surface area contributed by atoms with E-state index in [9.17, 15) is 9.59 Å². The van der Waals surface area contributed by atoms with Gasteiger partial charge >= 0.3 is 5.97 Å². The molecule has 0 radical (unpaired) electrons. The highest BCUT2D eigenvalue weighted by Gasteiger charge is 2.46. The third-order valence-corrected chi connectivity index (χ3v) is 5.15. The second-order valence-electron chi connectivity index (χ2n) is 5.53. The Morgan fingerprint density at radius 3 is 2.50 bits per heavy atom. The monoisotopic (exact) mass is 346 g/mol. The average Bonchev–Trinajstić information content (AvgIpc) is 2.87. The van der Waals surface area contributed by atoms with Crippen molar-refractivity contribution in [2.75, 3.05) is 14.2 Å². The third kappa shape index (κ3) is 2.58. The van der Waals surface area contributed by atoms with Crippen LogP contribution in [0.5, 0.6) is 5.75 Å². The van der Waals surface area contributed by atoms with Gasteiger partial charge in [0.05, 0.1) is 36.8 Å². The van der Waals surface area contributed by atoms with Gasteiger partial charge in [0.2, 0.25) is 5.91 Å². The number of esters is 1. The molecule has 0 aromatic heterocycles. The zero-order chi connectivity index (χ0) is 17.4. The maximum atomic E-state index is 12.6. The van der Waals surface area contributed by atoms with Crippen molar-refractivity contribution in [3.63, 3.8) is 0 Å². The Kier molecular flexibility index (Phi) is 4.36. The lowest BCUT2D eigenvalue weighted by molar-refractivity contribution is -0.137. The quantitative estimate of drug-likeness (QED) is 0.787. The van der Waals surface area contributed by atoms with E-state index in [-0.39, 0.29) is 11.2 Å². The second-order valence-corrected chi connectivity index (χ2v) is 6.84. The molecular weight excluding hydrogens is 328 g/mol. The van der Waals surface area contributed by atoms with Crippen molar-refractivity contribution in [2.24, 2.45) is 4.99 Å². The number of ether oxygens (including phenoxy) is 2. The minimum absolute atomic E-state index is 0.0616. The summed E-state index contributed by atoms with van der Waals surface area (Å²) in [6, 6.07) is 6.78. The zero-order valence-electron chi connectivity index (χ0n) is 13.9. The largest absolute Gasteiger partial charge is 0.497 e. The number of fused-ring (bicyclic) bond motifs is 1. The lowest BCUT2D eigenvalue weighted by Crippen LogP contribution is -2.40. The van der Waals surface area contributed by atoms with Crippen molar-refractivity contribution in [3.8, 4) is 5.75 Å². The molecule has 0 saturated carbocycles. The molecule has 0 spiro atoms. The Balaban J connectivity index is 2.14. The van der Waals surface area contributed by atoms with E-state index in [0.29, 0.717) is 22.2 Å². The number of hydrogen-bond acceptors (Lipinski definition) is 6. The predicted molar refractivity (Wildman–Crippen MR) is 91.8 cm³/mol. The number of benzene rings is 1. The second kappa shape index (κ2) is 6.32. The molecule has 2 atom stereocenters. The van der Waals surface area contributed by atoms with Gasteiger partial charge in [-0.05, 0) is 31.5 Å². The number of allylic oxidation sites excluding steroid dienone is 1. The van der Waals surface area contributed by atoms with E-state index in [1.165, 1.54) is 18.9 Å². The minimum atomic E-state index is -0.541. The molecule has 7 heteroatoms. The molecule has 0 N–H and O–H groups in total. The molecule has 0 unspecified atom stereocenters. The fourth-order valence-electron chi connectivity index (χ4n) is 2.88. The number of rotatable bonds is 3. The van der Waals surface area contributed by atoms with Crippen LogP contribution in [-0.4, -0.2) is 41.4 Å². The fourth-order valence-corrected chi connectivity index (χ4v) is 3.90. The van der Waals surface area contributed by atoms with Crippen LogP contribution in [0.4, 0.5) is 0 Å². The Labute approximate surface area is 144 Å². The lowest BCUT2D eigenvalue weighted by Gasteiger charge is -2.32. The van der Waals surface area contributed by atoms with Crippen LogP contribution in [0, 0.1) is 0 Å². The molecule has 1 aromatic carbocycles. The van der Waals surface area contributed by atoms with Gasteiger partial charge in [-0.1, -0.05) is 23.9 Å². The van der Waals surface area contributed by atoms with E-state index in [1.54, 1.807) is 18.9 Å². The highest BCUT2D eigenvalue weighted by atomic mass is 32.2. The number of thioether (sulfide) groups is 1. The molecule has 6 nitrogen and oxygen atoms in total. The van der Waals surface area contributed by atoms with E-state index in [2.05, 4.69) is 4.99 Å². The smallest absolute Gasteiger partial charge is 0.338 e. The molecule has 1 saturated heterocycles. The highest BCUT2D eigenvalue weighted by Crippen LogP contribution is 2.43. The molecule has 24 heavy (non-hydrogen) atoms. The highest BCUT2D eigenvalue weighted by molar-refractivity contribution is 8.15. The molecule has 2 aliphatic rings. The van der Waals surface area contributed by atoms with Crippen molar-refractivity contribution < 1.29 is 19.1 Å². The van der Waals surface area contributed by atoms with Crippen LogP contribution < -0.4 is 4.74 Å². The number of amidine groups is 1. The van der Waals surface area contributed by atoms with Crippen LogP contribution in [0.1, 0.15) is 25.5 Å². The van der Waals surface area contributed by atoms with Crippen molar-refractivity contribution in [1.29, 1.82) is 0 Å². The first-order valence-electron chi connectivity index (χ1n) is 7.49. The Morgan fingerprint density at radius 1 is 1.25 bits per heavy atom. The SMILES string of the molecule is COC(=O)C1=C(C)N=C2S[C@@H](C)C(=O)N2[C@@H]1c1ccc(OC)cc1. The number of hydrogen-bond donors (Lipinski definition) is 0. The summed E-state index contributed by atoms with van der Waals surface area (Å²) < 4.78 is 10.1. The topological polar surface area (TPSA) is 68.2 Å². The van der Waals surface area contributed by atoms with Gasteiger partial charge in [0.25, 0.3) is 0 Å². The van der Waals surface area contributed by atoms with Gasteiger partial charge in [-0.3, -0.25) is 9.69 Å². The molecule has 0 aliphatic carbocycles. The summed E-state index contributed by atoms with van der Waals surface area (Å²) in [4.78, 5) is 31.0. The van der Waals surface area contributed by atoms with Crippen molar-refractivity contribution in [1.82, 2.24) is 4.90 Å². The number of aliphatic imine (C=N–C) groups is 1. The summed E-state index contributed by atoms with van der Waals surface area (Å²) in [5.74, 6) is 0.168. The van der Waals surface area contributed by atoms with Crippen LogP contribution >= 0.6 is 11.8 Å². The average molecular weight is 346 g/mol. The summed E-state index contributed by atoms with van der Waals surface area (Å²) in [5, 5.41) is 0.396. The standard InChI is InChI=1S/C17H18N2O4S/c1-9-13(16(21)23-4)14(11-5-7-12(22-3)8-6-11)19-15(20)10(2)24-17(19)18-9/h5-8,10,14H,1-4H3/t10-,14+/m0/s1. The third-order valence-electron chi connectivity index (χ3n) is 4.10. The van der Waals surface area contributed by atoms with Gasteiger partial charge in [0, 0.05) is 0 Å². The number of methoxy groups -OCH3 is 2. The molecule has 1 amide bonds. The van der Waals surface area contributed by atoms with E-state index in [0.717, 1.165) is 5.56 Å². The van der Waals surface area contributed by atoms with Gasteiger partial charge in [-0.2, -0.15) is 0 Å². The first kappa shape index (κ1) is 16.6. The summed E-state index contributed by atoms with van der Waals surface area (Å²) >= 11 is 1.40. The number of amides is 1. The summed E-state index contributed by atoms with van der Waals surface area (Å²) in [6.45, 7) is 3.60. The van der Waals surface area contributed by atoms with Gasteiger partial charge in [0.1, 0.15) is 5.75 Å². The molecule has 1 aromatic rings. The maximum Gasteiger partial charge on any atom is 0.338 e. The van der Waals surface area contributed by atoms with Crippen molar-refractivity contribution >= 4 is 28.8 Å². The van der Waals surface area contributed by atoms with Crippen LogP contribution in [0.2, 0.25) is 0 Å². The van der Waals surface area contributed by atoms with Gasteiger partial charge in [-0.25, -0.2) is 9.79 Å². The Morgan fingerprint density at radius 2 is 1.92 bits per heavy atom. The number of carbonyl (C=O) groups is 2. The minimum Gasteiger partial charge on any atom is -0.497 e. The first-order chi connectivity index (χ1) is 11.5. The van der Waals surface area contributed by atoms with Gasteiger partial charge < -0.3 is 9.47 Å². The molecule has 3 rings (SSSR count). The van der Waals surface area contributed by atoms with Crippen LogP contribution in [0.3, 0.4) is 0 Å². The number of carbonyl (C=O) groups excluding carboxylic acids is 2. The van der Waals surface area contributed by atoms with E-state index in [4.69, 9.17) is 9.47 Å². The molecule has 126 valence electrons. The number of nitrogens with zero attached hydrogens (tertiary/aromatic N) is 2. The Hall–Kier alpha value is -2.28. The van der Waals surface area contributed by atoms with E-state index < -0.39 is 12.0 Å². The van der Waals surface area contributed by atoms with E-state index in [1.807, 2.05) is 31.2 Å². The molecule has 2 heterocycles. The first-order valence-corrected chi connectivity index (χ1v) is 8.37. The summed E-state index contributed by atoms with van der Waals surface area (Å²) in [7, 11) is 2.92. The molecular formula is C17H18N2O4S. The summed E-state index contributed by atoms with van der Waals surface area (Å²) in [6.07, 6.45) is 0. The zero-order valence-corrected chi connectivity index (χ0v) is 14.7. The molecule has 2 aliphatic heterocycles. The normalized spacial score (nSPS) is 23.1. The predicted octanol–water partition coefficient (Wildman–Crippen LogP) is 2.52. The van der Waals surface area contributed by atoms with Crippen LogP contribution in [0.15, 0.2) is 40.5 Å².